The van der Waals surface area contributed by atoms with Crippen molar-refractivity contribution in [2.24, 2.45) is 5.73 Å². The minimum Gasteiger partial charge on any atom is -0.330 e. The Morgan fingerprint density at radius 3 is 2.79 bits per heavy atom. The van der Waals surface area contributed by atoms with Gasteiger partial charge in [0.15, 0.2) is 0 Å². The van der Waals surface area contributed by atoms with Crippen LogP contribution >= 0.6 is 0 Å². The summed E-state index contributed by atoms with van der Waals surface area (Å²) in [7, 11) is 1.70. The van der Waals surface area contributed by atoms with Gasteiger partial charge in [0.25, 0.3) is 5.91 Å². The Bertz CT molecular complexity index is 556. The summed E-state index contributed by atoms with van der Waals surface area (Å²) in [4.78, 5) is 22.2. The van der Waals surface area contributed by atoms with Crippen LogP contribution in [0.4, 0.5) is 5.82 Å². The van der Waals surface area contributed by atoms with E-state index in [1.165, 1.54) is 4.90 Å². The van der Waals surface area contributed by atoms with Gasteiger partial charge in [0.2, 0.25) is 0 Å². The van der Waals surface area contributed by atoms with Gasteiger partial charge < -0.3 is 5.73 Å². The highest BCUT2D eigenvalue weighted by Crippen LogP contribution is 2.12. The number of amides is 1. The smallest absolute Gasteiger partial charge is 0.259 e. The first-order chi connectivity index (χ1) is 9.22. The number of nitrogens with two attached hydrogens (primary N) is 1. The Hall–Kier alpha value is -2.27. The summed E-state index contributed by atoms with van der Waals surface area (Å²) in [6, 6.07) is 8.92. The first-order valence-electron chi connectivity index (χ1n) is 6.06. The van der Waals surface area contributed by atoms with Gasteiger partial charge in [-0.05, 0) is 30.8 Å². The van der Waals surface area contributed by atoms with E-state index in [0.717, 1.165) is 5.69 Å². The van der Waals surface area contributed by atoms with Crippen LogP contribution in [0.1, 0.15) is 16.1 Å². The molecule has 2 aromatic rings. The van der Waals surface area contributed by atoms with Crippen LogP contribution in [0.2, 0.25) is 0 Å². The molecule has 0 spiro atoms. The molecule has 2 rings (SSSR count). The zero-order valence-electron chi connectivity index (χ0n) is 10.8. The number of hydrogen-bond donors (Lipinski definition) is 1. The Labute approximate surface area is 112 Å². The molecule has 0 aliphatic rings. The van der Waals surface area contributed by atoms with Crippen molar-refractivity contribution < 1.29 is 4.79 Å². The summed E-state index contributed by atoms with van der Waals surface area (Å²) in [6.07, 6.45) is 3.95. The number of carbonyl (C=O) groups is 1. The van der Waals surface area contributed by atoms with Gasteiger partial charge in [0, 0.05) is 37.1 Å². The number of aromatic nitrogens is 2. The Kier molecular flexibility index (Phi) is 4.20. The van der Waals surface area contributed by atoms with Crippen molar-refractivity contribution in [3.63, 3.8) is 0 Å². The lowest BCUT2D eigenvalue weighted by molar-refractivity contribution is 0.0992. The highest BCUT2D eigenvalue weighted by molar-refractivity contribution is 6.05. The number of nitrogens with zero attached hydrogens (tertiary/aromatic N) is 3. The molecule has 0 radical (unpaired) electrons. The van der Waals surface area contributed by atoms with E-state index in [0.29, 0.717) is 24.3 Å². The number of rotatable bonds is 4. The van der Waals surface area contributed by atoms with Crippen molar-refractivity contribution in [3.8, 4) is 0 Å². The van der Waals surface area contributed by atoms with E-state index in [9.17, 15) is 4.79 Å². The van der Waals surface area contributed by atoms with Gasteiger partial charge in [-0.15, -0.1) is 0 Å². The maximum Gasteiger partial charge on any atom is 0.259 e. The Morgan fingerprint density at radius 1 is 1.26 bits per heavy atom. The number of pyridine rings is 2. The molecular weight excluding hydrogens is 240 g/mol. The lowest BCUT2D eigenvalue weighted by atomic mass is 10.1. The van der Waals surface area contributed by atoms with Crippen molar-refractivity contribution in [2.75, 3.05) is 18.5 Å². The second-order valence-electron chi connectivity index (χ2n) is 4.13. The van der Waals surface area contributed by atoms with Crippen LogP contribution in [0.15, 0.2) is 42.7 Å². The van der Waals surface area contributed by atoms with Gasteiger partial charge in [0.1, 0.15) is 5.82 Å². The minimum atomic E-state index is -0.112. The highest BCUT2D eigenvalue weighted by atomic mass is 16.2. The van der Waals surface area contributed by atoms with Gasteiger partial charge in [-0.3, -0.25) is 14.7 Å². The zero-order chi connectivity index (χ0) is 13.7. The lowest BCUT2D eigenvalue weighted by Gasteiger charge is -2.16. The van der Waals surface area contributed by atoms with E-state index >= 15 is 0 Å². The summed E-state index contributed by atoms with van der Waals surface area (Å²) in [5.74, 6) is 0.504. The summed E-state index contributed by atoms with van der Waals surface area (Å²) >= 11 is 0. The largest absolute Gasteiger partial charge is 0.330 e. The van der Waals surface area contributed by atoms with E-state index in [1.807, 2.05) is 12.1 Å². The van der Waals surface area contributed by atoms with Gasteiger partial charge >= 0.3 is 0 Å². The van der Waals surface area contributed by atoms with Crippen LogP contribution in [0, 0.1) is 0 Å². The fourth-order valence-corrected chi connectivity index (χ4v) is 1.75. The predicted molar refractivity (Wildman–Crippen MR) is 74.0 cm³/mol. The van der Waals surface area contributed by atoms with E-state index in [-0.39, 0.29) is 5.91 Å². The molecule has 0 aromatic carbocycles. The maximum atomic E-state index is 12.3. The van der Waals surface area contributed by atoms with E-state index in [4.69, 9.17) is 5.73 Å². The van der Waals surface area contributed by atoms with Gasteiger partial charge in [0.05, 0.1) is 0 Å². The normalized spacial score (nSPS) is 10.2. The molecule has 19 heavy (non-hydrogen) atoms. The molecule has 0 aliphatic carbocycles. The van der Waals surface area contributed by atoms with Crippen molar-refractivity contribution in [3.05, 3.63) is 54.0 Å². The molecule has 0 unspecified atom stereocenters. The summed E-state index contributed by atoms with van der Waals surface area (Å²) in [5.41, 5.74) is 6.90. The van der Waals surface area contributed by atoms with E-state index in [1.54, 1.807) is 37.6 Å². The molecule has 5 heteroatoms. The molecule has 0 saturated carbocycles. The fourth-order valence-electron chi connectivity index (χ4n) is 1.75. The van der Waals surface area contributed by atoms with Crippen LogP contribution in [0.3, 0.4) is 0 Å². The van der Waals surface area contributed by atoms with Gasteiger partial charge in [-0.25, -0.2) is 4.98 Å². The van der Waals surface area contributed by atoms with Crippen LogP contribution in [0.25, 0.3) is 0 Å². The molecular formula is C14H16N4O. The van der Waals surface area contributed by atoms with Gasteiger partial charge in [-0.2, -0.15) is 0 Å². The third-order valence-corrected chi connectivity index (χ3v) is 2.76. The number of carbonyl (C=O) groups excluding carboxylic acids is 1. The fraction of sp³-hybridized carbons (Fsp3) is 0.214. The average Bonchev–Trinajstić information content (AvgIpc) is 2.47. The zero-order valence-corrected chi connectivity index (χ0v) is 10.8. The van der Waals surface area contributed by atoms with Crippen LogP contribution in [-0.4, -0.2) is 29.5 Å². The number of hydrogen-bond acceptors (Lipinski definition) is 4. The second kappa shape index (κ2) is 6.06. The quantitative estimate of drug-likeness (QED) is 0.893. The van der Waals surface area contributed by atoms with Crippen molar-refractivity contribution in [1.29, 1.82) is 0 Å². The number of anilines is 1. The predicted octanol–water partition coefficient (Wildman–Crippen LogP) is 1.25. The summed E-state index contributed by atoms with van der Waals surface area (Å²) in [6.45, 7) is 0.515. The van der Waals surface area contributed by atoms with Crippen molar-refractivity contribution in [2.45, 2.75) is 6.42 Å². The molecule has 0 aliphatic heterocycles. The molecule has 0 bridgehead atoms. The molecule has 0 atom stereocenters. The molecule has 98 valence electrons. The monoisotopic (exact) mass is 256 g/mol. The molecule has 0 saturated heterocycles. The molecule has 1 amide bonds. The first kappa shape index (κ1) is 13.2. The maximum absolute atomic E-state index is 12.3. The van der Waals surface area contributed by atoms with Crippen LogP contribution in [-0.2, 0) is 6.42 Å². The van der Waals surface area contributed by atoms with Crippen molar-refractivity contribution >= 4 is 11.7 Å². The molecule has 0 fully saturated rings. The van der Waals surface area contributed by atoms with Crippen LogP contribution in [0.5, 0.6) is 0 Å². The van der Waals surface area contributed by atoms with E-state index in [2.05, 4.69) is 9.97 Å². The Morgan fingerprint density at radius 2 is 2.11 bits per heavy atom. The van der Waals surface area contributed by atoms with E-state index < -0.39 is 0 Å². The summed E-state index contributed by atoms with van der Waals surface area (Å²) in [5, 5.41) is 0. The summed E-state index contributed by atoms with van der Waals surface area (Å²) < 4.78 is 0. The third-order valence-electron chi connectivity index (χ3n) is 2.76. The SMILES string of the molecule is CN(C(=O)c1ccnc(CCN)c1)c1ccccn1. The lowest BCUT2D eigenvalue weighted by Crippen LogP contribution is -2.27. The minimum absolute atomic E-state index is 0.112. The molecule has 2 N–H and O–H groups in total. The standard InChI is InChI=1S/C14H16N4O/c1-18(13-4-2-3-8-17-13)14(19)11-6-9-16-12(10-11)5-7-15/h2-4,6,8-10H,5,7,15H2,1H3. The first-order valence-corrected chi connectivity index (χ1v) is 6.06. The van der Waals surface area contributed by atoms with Crippen LogP contribution < -0.4 is 10.6 Å². The topological polar surface area (TPSA) is 72.1 Å². The Balaban J connectivity index is 2.22. The average molecular weight is 256 g/mol. The second-order valence-corrected chi connectivity index (χ2v) is 4.13. The molecule has 2 heterocycles. The van der Waals surface area contributed by atoms with Crippen molar-refractivity contribution in [1.82, 2.24) is 9.97 Å². The third kappa shape index (κ3) is 3.14. The highest BCUT2D eigenvalue weighted by Gasteiger charge is 2.14. The molecule has 2 aromatic heterocycles. The van der Waals surface area contributed by atoms with Gasteiger partial charge in [-0.1, -0.05) is 6.07 Å². The molecule has 5 nitrogen and oxygen atoms in total.